The molecule has 2 aromatic rings. The van der Waals surface area contributed by atoms with Crippen molar-refractivity contribution in [3.8, 4) is 11.4 Å². The lowest BCUT2D eigenvalue weighted by molar-refractivity contribution is 1.16. The molecule has 0 aliphatic heterocycles. The molecule has 0 fully saturated rings. The van der Waals surface area contributed by atoms with Crippen molar-refractivity contribution in [3.63, 3.8) is 0 Å². The van der Waals surface area contributed by atoms with Crippen molar-refractivity contribution in [3.05, 3.63) is 48.3 Å². The zero-order valence-electron chi connectivity index (χ0n) is 8.35. The van der Waals surface area contributed by atoms with Crippen LogP contribution in [-0.2, 0) is 6.16 Å². The first-order valence-electron chi connectivity index (χ1n) is 4.72. The van der Waals surface area contributed by atoms with Gasteiger partial charge in [-0.1, -0.05) is 34.6 Å². The normalized spacial score (nSPS) is 10.7. The Kier molecular flexibility index (Phi) is 4.11. The second-order valence-corrected chi connectivity index (χ2v) is 7.08. The molecule has 0 amide bonds. The van der Waals surface area contributed by atoms with E-state index in [9.17, 15) is 0 Å². The van der Waals surface area contributed by atoms with Gasteiger partial charge in [-0.3, -0.25) is 9.97 Å². The summed E-state index contributed by atoms with van der Waals surface area (Å²) in [4.78, 5) is 8.71. The lowest BCUT2D eigenvalue weighted by atomic mass is 10.2. The molecule has 0 radical (unpaired) electrons. The van der Waals surface area contributed by atoms with Gasteiger partial charge in [-0.25, -0.2) is 0 Å². The van der Waals surface area contributed by atoms with E-state index in [4.69, 9.17) is 22.5 Å². The molecule has 0 aromatic carbocycles. The largest absolute Gasteiger partial charge is 0.255 e. The summed E-state index contributed by atoms with van der Waals surface area (Å²) in [5.41, 5.74) is 2.61. The van der Waals surface area contributed by atoms with Crippen molar-refractivity contribution >= 4 is 29.1 Å². The van der Waals surface area contributed by atoms with Gasteiger partial charge in [0, 0.05) is 18.1 Å². The van der Waals surface area contributed by atoms with E-state index in [-0.39, 0.29) is 0 Å². The van der Waals surface area contributed by atoms with Crippen molar-refractivity contribution < 1.29 is 0 Å². The lowest BCUT2D eigenvalue weighted by Gasteiger charge is -2.04. The Morgan fingerprint density at radius 1 is 1.00 bits per heavy atom. The zero-order valence-corrected chi connectivity index (χ0v) is 10.8. The maximum absolute atomic E-state index is 5.79. The molecule has 5 heteroatoms. The monoisotopic (exact) mass is 270 g/mol. The maximum atomic E-state index is 5.79. The summed E-state index contributed by atoms with van der Waals surface area (Å²) in [6, 6.07) is 11.5. The van der Waals surface area contributed by atoms with E-state index in [1.165, 1.54) is 0 Å². The Morgan fingerprint density at radius 2 is 1.81 bits per heavy atom. The Morgan fingerprint density at radius 3 is 2.50 bits per heavy atom. The van der Waals surface area contributed by atoms with Gasteiger partial charge < -0.3 is 0 Å². The standard InChI is InChI=1S/C11H9Cl2N2P/c12-16(13)8-9-4-3-6-11(15-9)10-5-1-2-7-14-10/h1-7H,8H2. The molecule has 0 spiro atoms. The van der Waals surface area contributed by atoms with Gasteiger partial charge in [0.25, 0.3) is 0 Å². The Hall–Kier alpha value is -0.690. The molecule has 0 saturated heterocycles. The Labute approximate surface area is 105 Å². The third-order valence-electron chi connectivity index (χ3n) is 2.02. The SMILES string of the molecule is ClP(Cl)Cc1cccc(-c2ccccn2)n1. The van der Waals surface area contributed by atoms with E-state index < -0.39 is 6.63 Å². The Bertz CT molecular complexity index is 463. The fourth-order valence-electron chi connectivity index (χ4n) is 1.35. The summed E-state index contributed by atoms with van der Waals surface area (Å²) < 4.78 is 0. The first-order chi connectivity index (χ1) is 7.75. The molecule has 2 aromatic heterocycles. The highest BCUT2D eigenvalue weighted by molar-refractivity contribution is 8.03. The van der Waals surface area contributed by atoms with E-state index in [2.05, 4.69) is 9.97 Å². The molecule has 0 atom stereocenters. The number of hydrogen-bond acceptors (Lipinski definition) is 2. The molecule has 0 saturated carbocycles. The summed E-state index contributed by atoms with van der Waals surface area (Å²) in [6.45, 7) is -0.996. The van der Waals surface area contributed by atoms with Crippen LogP contribution in [0.15, 0.2) is 42.6 Å². The van der Waals surface area contributed by atoms with Gasteiger partial charge in [-0.05, 0) is 24.3 Å². The number of halogens is 2. The van der Waals surface area contributed by atoms with E-state index >= 15 is 0 Å². The fraction of sp³-hybridized carbons (Fsp3) is 0.0909. The summed E-state index contributed by atoms with van der Waals surface area (Å²) >= 11 is 11.6. The highest BCUT2D eigenvalue weighted by Crippen LogP contribution is 2.49. The first-order valence-corrected chi connectivity index (χ1v) is 8.06. The number of hydrogen-bond donors (Lipinski definition) is 0. The van der Waals surface area contributed by atoms with Crippen molar-refractivity contribution in [2.75, 3.05) is 0 Å². The van der Waals surface area contributed by atoms with Crippen LogP contribution < -0.4 is 0 Å². The first kappa shape index (κ1) is 11.8. The minimum Gasteiger partial charge on any atom is -0.255 e. The number of rotatable bonds is 3. The van der Waals surface area contributed by atoms with E-state index in [1.807, 2.05) is 36.4 Å². The molecule has 0 aliphatic carbocycles. The number of nitrogens with zero attached hydrogens (tertiary/aromatic N) is 2. The van der Waals surface area contributed by atoms with Crippen molar-refractivity contribution in [1.29, 1.82) is 0 Å². The molecule has 16 heavy (non-hydrogen) atoms. The second-order valence-electron chi connectivity index (χ2n) is 3.19. The molecule has 2 heterocycles. The minimum absolute atomic E-state index is 0.610. The van der Waals surface area contributed by atoms with Crippen LogP contribution in [0.5, 0.6) is 0 Å². The summed E-state index contributed by atoms with van der Waals surface area (Å²) in [7, 11) is 0. The predicted octanol–water partition coefficient (Wildman–Crippen LogP) is 4.43. The molecule has 0 unspecified atom stereocenters. The highest BCUT2D eigenvalue weighted by atomic mass is 35.9. The van der Waals surface area contributed by atoms with E-state index in [1.54, 1.807) is 6.20 Å². The molecule has 0 N–H and O–H groups in total. The van der Waals surface area contributed by atoms with Gasteiger partial charge in [0.05, 0.1) is 18.0 Å². The van der Waals surface area contributed by atoms with Gasteiger partial charge in [-0.2, -0.15) is 0 Å². The molecular weight excluding hydrogens is 262 g/mol. The van der Waals surface area contributed by atoms with Crippen molar-refractivity contribution in [1.82, 2.24) is 9.97 Å². The minimum atomic E-state index is -0.996. The van der Waals surface area contributed by atoms with Crippen LogP contribution in [0.1, 0.15) is 5.69 Å². The lowest BCUT2D eigenvalue weighted by Crippen LogP contribution is -1.91. The van der Waals surface area contributed by atoms with Crippen LogP contribution in [0.4, 0.5) is 0 Å². The summed E-state index contributed by atoms with van der Waals surface area (Å²) in [5.74, 6) is 0. The average molecular weight is 271 g/mol. The van der Waals surface area contributed by atoms with Gasteiger partial charge >= 0.3 is 0 Å². The van der Waals surface area contributed by atoms with Gasteiger partial charge in [0.15, 0.2) is 0 Å². The van der Waals surface area contributed by atoms with Crippen LogP contribution in [-0.4, -0.2) is 9.97 Å². The topological polar surface area (TPSA) is 25.8 Å². The molecule has 82 valence electrons. The molecule has 2 rings (SSSR count). The fourth-order valence-corrected chi connectivity index (χ4v) is 2.50. The van der Waals surface area contributed by atoms with E-state index in [0.717, 1.165) is 17.1 Å². The molecule has 0 bridgehead atoms. The van der Waals surface area contributed by atoms with Crippen molar-refractivity contribution in [2.45, 2.75) is 6.16 Å². The van der Waals surface area contributed by atoms with Crippen LogP contribution >= 0.6 is 29.1 Å². The quantitative estimate of drug-likeness (QED) is 0.771. The third kappa shape index (κ3) is 3.15. The maximum Gasteiger partial charge on any atom is 0.0915 e. The summed E-state index contributed by atoms with van der Waals surface area (Å²) in [5, 5.41) is 0. The van der Waals surface area contributed by atoms with Crippen LogP contribution in [0.2, 0.25) is 0 Å². The van der Waals surface area contributed by atoms with Gasteiger partial charge in [0.2, 0.25) is 0 Å². The summed E-state index contributed by atoms with van der Waals surface area (Å²) in [6.07, 6.45) is 2.36. The highest BCUT2D eigenvalue weighted by Gasteiger charge is 2.05. The molecule has 0 aliphatic rings. The second kappa shape index (κ2) is 5.58. The molecule has 2 nitrogen and oxygen atoms in total. The Balaban J connectivity index is 2.29. The number of pyridine rings is 2. The molecular formula is C11H9Cl2N2P. The van der Waals surface area contributed by atoms with Gasteiger partial charge in [0.1, 0.15) is 0 Å². The van der Waals surface area contributed by atoms with E-state index in [0.29, 0.717) is 6.16 Å². The van der Waals surface area contributed by atoms with Crippen molar-refractivity contribution in [2.24, 2.45) is 0 Å². The predicted molar refractivity (Wildman–Crippen MR) is 69.8 cm³/mol. The third-order valence-corrected chi connectivity index (χ3v) is 3.30. The number of aromatic nitrogens is 2. The smallest absolute Gasteiger partial charge is 0.0915 e. The van der Waals surface area contributed by atoms with Crippen LogP contribution in [0.25, 0.3) is 11.4 Å². The van der Waals surface area contributed by atoms with Gasteiger partial charge in [-0.15, -0.1) is 0 Å². The average Bonchev–Trinajstić information content (AvgIpc) is 2.30. The zero-order chi connectivity index (χ0) is 11.4. The van der Waals surface area contributed by atoms with Crippen LogP contribution in [0, 0.1) is 0 Å². The van der Waals surface area contributed by atoms with Crippen LogP contribution in [0.3, 0.4) is 0 Å².